The summed E-state index contributed by atoms with van der Waals surface area (Å²) in [7, 11) is 0. The van der Waals surface area contributed by atoms with Gasteiger partial charge in [0.15, 0.2) is 0 Å². The Morgan fingerprint density at radius 2 is 1.75 bits per heavy atom. The van der Waals surface area contributed by atoms with Gasteiger partial charge in [-0.2, -0.15) is 0 Å². The maximum Gasteiger partial charge on any atom is 0.127 e. The number of ether oxygens (including phenoxy) is 1. The zero-order valence-electron chi connectivity index (χ0n) is 11.8. The van der Waals surface area contributed by atoms with Gasteiger partial charge in [-0.15, -0.1) is 0 Å². The van der Waals surface area contributed by atoms with Crippen molar-refractivity contribution in [1.82, 2.24) is 0 Å². The molecule has 0 unspecified atom stereocenters. The van der Waals surface area contributed by atoms with Crippen LogP contribution in [0.15, 0.2) is 36.4 Å². The van der Waals surface area contributed by atoms with Gasteiger partial charge in [-0.1, -0.05) is 30.3 Å². The molecule has 108 valence electrons. The van der Waals surface area contributed by atoms with Crippen molar-refractivity contribution in [1.29, 1.82) is 0 Å². The summed E-state index contributed by atoms with van der Waals surface area (Å²) in [6, 6.07) is 12.5. The predicted octanol–water partition coefficient (Wildman–Crippen LogP) is 2.88. The molecule has 0 aliphatic carbocycles. The van der Waals surface area contributed by atoms with Crippen molar-refractivity contribution < 1.29 is 9.84 Å². The number of aliphatic hydroxyl groups is 1. The van der Waals surface area contributed by atoms with E-state index in [0.717, 1.165) is 36.9 Å². The second-order valence-electron chi connectivity index (χ2n) is 4.94. The third-order valence-corrected chi connectivity index (χ3v) is 3.43. The zero-order chi connectivity index (χ0) is 14.2. The van der Waals surface area contributed by atoms with Crippen LogP contribution in [0.25, 0.3) is 10.8 Å². The molecule has 2 aromatic rings. The van der Waals surface area contributed by atoms with Crippen LogP contribution in [0.5, 0.6) is 5.75 Å². The number of aliphatic hydroxyl groups excluding tert-OH is 1. The molecule has 2 aromatic carbocycles. The van der Waals surface area contributed by atoms with E-state index in [1.807, 2.05) is 12.1 Å². The molecule has 3 N–H and O–H groups in total. The van der Waals surface area contributed by atoms with E-state index in [2.05, 4.69) is 24.3 Å². The number of aryl methyl sites for hydroxylation is 1. The molecule has 0 spiro atoms. The molecule has 0 heterocycles. The van der Waals surface area contributed by atoms with Crippen LogP contribution in [0.4, 0.5) is 0 Å². The lowest BCUT2D eigenvalue weighted by molar-refractivity contribution is 0.235. The van der Waals surface area contributed by atoms with Gasteiger partial charge in [-0.25, -0.2) is 0 Å². The van der Waals surface area contributed by atoms with Crippen molar-refractivity contribution in [3.05, 3.63) is 42.0 Å². The fourth-order valence-corrected chi connectivity index (χ4v) is 2.38. The average molecular weight is 273 g/mol. The summed E-state index contributed by atoms with van der Waals surface area (Å²) >= 11 is 0. The van der Waals surface area contributed by atoms with Gasteiger partial charge in [0.2, 0.25) is 0 Å². The third-order valence-electron chi connectivity index (χ3n) is 3.43. The van der Waals surface area contributed by atoms with Gasteiger partial charge in [-0.3, -0.25) is 0 Å². The van der Waals surface area contributed by atoms with Crippen LogP contribution in [0.2, 0.25) is 0 Å². The van der Waals surface area contributed by atoms with Crippen molar-refractivity contribution in [2.24, 2.45) is 5.73 Å². The normalized spacial score (nSPS) is 10.9. The van der Waals surface area contributed by atoms with Crippen LogP contribution < -0.4 is 10.5 Å². The molecule has 0 amide bonds. The second kappa shape index (κ2) is 7.88. The van der Waals surface area contributed by atoms with Crippen LogP contribution in [0, 0.1) is 0 Å². The van der Waals surface area contributed by atoms with Gasteiger partial charge >= 0.3 is 0 Å². The Kier molecular flexibility index (Phi) is 5.84. The SMILES string of the molecule is NCCCCc1ccc(OCCCO)c2ccccc12. The predicted molar refractivity (Wildman–Crippen MR) is 83.1 cm³/mol. The zero-order valence-corrected chi connectivity index (χ0v) is 11.8. The minimum absolute atomic E-state index is 0.162. The topological polar surface area (TPSA) is 55.5 Å². The Hall–Kier alpha value is -1.58. The van der Waals surface area contributed by atoms with Crippen molar-refractivity contribution >= 4 is 10.8 Å². The number of unbranched alkanes of at least 4 members (excludes halogenated alkanes) is 1. The second-order valence-corrected chi connectivity index (χ2v) is 4.94. The number of rotatable bonds is 8. The molecule has 0 aromatic heterocycles. The van der Waals surface area contributed by atoms with Gasteiger partial charge in [0.25, 0.3) is 0 Å². The summed E-state index contributed by atoms with van der Waals surface area (Å²) in [6.07, 6.45) is 3.88. The third kappa shape index (κ3) is 3.71. The van der Waals surface area contributed by atoms with Crippen LogP contribution in [0.3, 0.4) is 0 Å². The summed E-state index contributed by atoms with van der Waals surface area (Å²) < 4.78 is 5.76. The van der Waals surface area contributed by atoms with Crippen LogP contribution in [-0.2, 0) is 6.42 Å². The smallest absolute Gasteiger partial charge is 0.127 e. The highest BCUT2D eigenvalue weighted by atomic mass is 16.5. The lowest BCUT2D eigenvalue weighted by atomic mass is 9.99. The largest absolute Gasteiger partial charge is 0.493 e. The van der Waals surface area contributed by atoms with E-state index in [9.17, 15) is 0 Å². The number of hydrogen-bond donors (Lipinski definition) is 2. The Morgan fingerprint density at radius 3 is 2.50 bits per heavy atom. The minimum Gasteiger partial charge on any atom is -0.493 e. The maximum atomic E-state index is 8.83. The maximum absolute atomic E-state index is 8.83. The van der Waals surface area contributed by atoms with Crippen molar-refractivity contribution in [3.8, 4) is 5.75 Å². The highest BCUT2D eigenvalue weighted by Gasteiger charge is 2.06. The first-order valence-electron chi connectivity index (χ1n) is 7.31. The molecule has 3 nitrogen and oxygen atoms in total. The van der Waals surface area contributed by atoms with Crippen molar-refractivity contribution in [2.45, 2.75) is 25.7 Å². The summed E-state index contributed by atoms with van der Waals surface area (Å²) in [5, 5.41) is 11.2. The summed E-state index contributed by atoms with van der Waals surface area (Å²) in [5.41, 5.74) is 6.91. The van der Waals surface area contributed by atoms with Gasteiger partial charge in [0.05, 0.1) is 6.61 Å². The number of fused-ring (bicyclic) bond motifs is 1. The fraction of sp³-hybridized carbons (Fsp3) is 0.412. The Morgan fingerprint density at radius 1 is 0.950 bits per heavy atom. The number of nitrogens with two attached hydrogens (primary N) is 1. The fourth-order valence-electron chi connectivity index (χ4n) is 2.38. The van der Waals surface area contributed by atoms with E-state index in [4.69, 9.17) is 15.6 Å². The first-order chi connectivity index (χ1) is 9.86. The monoisotopic (exact) mass is 273 g/mol. The van der Waals surface area contributed by atoms with Gasteiger partial charge < -0.3 is 15.6 Å². The summed E-state index contributed by atoms with van der Waals surface area (Å²) in [4.78, 5) is 0. The summed E-state index contributed by atoms with van der Waals surface area (Å²) in [5.74, 6) is 0.900. The highest BCUT2D eigenvalue weighted by Crippen LogP contribution is 2.29. The number of benzene rings is 2. The highest BCUT2D eigenvalue weighted by molar-refractivity contribution is 5.91. The lowest BCUT2D eigenvalue weighted by Gasteiger charge is -2.12. The van der Waals surface area contributed by atoms with Gasteiger partial charge in [-0.05, 0) is 42.8 Å². The Labute approximate surface area is 120 Å². The average Bonchev–Trinajstić information content (AvgIpc) is 2.49. The molecule has 0 atom stereocenters. The quantitative estimate of drug-likeness (QED) is 0.727. The molecule has 20 heavy (non-hydrogen) atoms. The number of hydrogen-bond acceptors (Lipinski definition) is 3. The van der Waals surface area contributed by atoms with E-state index < -0.39 is 0 Å². The molecular weight excluding hydrogens is 250 g/mol. The molecule has 0 radical (unpaired) electrons. The molecule has 0 saturated heterocycles. The van der Waals surface area contributed by atoms with Crippen molar-refractivity contribution in [3.63, 3.8) is 0 Å². The molecule has 2 rings (SSSR count). The first-order valence-corrected chi connectivity index (χ1v) is 7.31. The molecular formula is C17H23NO2. The van der Waals surface area contributed by atoms with Crippen LogP contribution >= 0.6 is 0 Å². The summed E-state index contributed by atoms with van der Waals surface area (Å²) in [6.45, 7) is 1.46. The first kappa shape index (κ1) is 14.8. The molecule has 0 bridgehead atoms. The standard InChI is InChI=1S/C17H23NO2/c18-11-4-3-6-14-9-10-17(20-13-5-12-19)16-8-2-1-7-15(14)16/h1-2,7-10,19H,3-6,11-13,18H2. The van der Waals surface area contributed by atoms with Crippen molar-refractivity contribution in [2.75, 3.05) is 19.8 Å². The van der Waals surface area contributed by atoms with E-state index >= 15 is 0 Å². The van der Waals surface area contributed by atoms with E-state index in [-0.39, 0.29) is 6.61 Å². The van der Waals surface area contributed by atoms with E-state index in [1.165, 1.54) is 10.9 Å². The lowest BCUT2D eigenvalue weighted by Crippen LogP contribution is -2.01. The molecule has 0 aliphatic rings. The van der Waals surface area contributed by atoms with Gasteiger partial charge in [0.1, 0.15) is 5.75 Å². The van der Waals surface area contributed by atoms with E-state index in [1.54, 1.807) is 0 Å². The minimum atomic E-state index is 0.162. The van der Waals surface area contributed by atoms with Gasteiger partial charge in [0, 0.05) is 18.4 Å². The molecule has 0 fully saturated rings. The molecule has 0 aliphatic heterocycles. The van der Waals surface area contributed by atoms with Crippen LogP contribution in [-0.4, -0.2) is 24.9 Å². The molecule has 0 saturated carbocycles. The Bertz CT molecular complexity index is 491. The van der Waals surface area contributed by atoms with Crippen LogP contribution in [0.1, 0.15) is 24.8 Å². The molecule has 3 heteroatoms. The van der Waals surface area contributed by atoms with E-state index in [0.29, 0.717) is 13.0 Å². The Balaban J connectivity index is 2.22.